The Morgan fingerprint density at radius 1 is 1.53 bits per heavy atom. The van der Waals surface area contributed by atoms with Crippen LogP contribution in [0.5, 0.6) is 0 Å². The minimum absolute atomic E-state index is 0.0944. The zero-order chi connectivity index (χ0) is 14.0. The third-order valence-corrected chi connectivity index (χ3v) is 5.63. The van der Waals surface area contributed by atoms with Gasteiger partial charge in [-0.2, -0.15) is 17.0 Å². The quantitative estimate of drug-likeness (QED) is 0.830. The van der Waals surface area contributed by atoms with Gasteiger partial charge < -0.3 is 4.90 Å². The minimum atomic E-state index is -3.29. The maximum absolute atomic E-state index is 13.6. The van der Waals surface area contributed by atoms with Crippen molar-refractivity contribution in [2.45, 2.75) is 5.37 Å². The van der Waals surface area contributed by atoms with E-state index in [1.54, 1.807) is 22.7 Å². The molecule has 0 saturated carbocycles. The van der Waals surface area contributed by atoms with Crippen molar-refractivity contribution in [2.75, 3.05) is 29.2 Å². The molecule has 0 aliphatic carbocycles. The van der Waals surface area contributed by atoms with Gasteiger partial charge in [0.1, 0.15) is 22.8 Å². The predicted molar refractivity (Wildman–Crippen MR) is 74.4 cm³/mol. The third-order valence-electron chi connectivity index (χ3n) is 2.99. The highest BCUT2D eigenvalue weighted by molar-refractivity contribution is 8.01. The highest BCUT2D eigenvalue weighted by Gasteiger charge is 2.32. The lowest BCUT2D eigenvalue weighted by molar-refractivity contribution is 0.583. The predicted octanol–water partition coefficient (Wildman–Crippen LogP) is 1.62. The van der Waals surface area contributed by atoms with Crippen LogP contribution in [0.2, 0.25) is 0 Å². The molecule has 0 bridgehead atoms. The molecule has 1 atom stereocenters. The zero-order valence-electron chi connectivity index (χ0n) is 10.3. The number of anilines is 1. The van der Waals surface area contributed by atoms with Crippen LogP contribution in [0.1, 0.15) is 5.56 Å². The number of nitriles is 1. The molecule has 1 saturated heterocycles. The molecule has 0 N–H and O–H groups in total. The Morgan fingerprint density at radius 3 is 2.89 bits per heavy atom. The van der Waals surface area contributed by atoms with Crippen LogP contribution in [0.25, 0.3) is 0 Å². The first-order chi connectivity index (χ1) is 8.95. The van der Waals surface area contributed by atoms with E-state index in [0.717, 1.165) is 5.75 Å². The largest absolute Gasteiger partial charge is 0.352 e. The molecule has 1 aromatic carbocycles. The fraction of sp³-hybridized carbons (Fsp3) is 0.417. The molecule has 1 fully saturated rings. The summed E-state index contributed by atoms with van der Waals surface area (Å²) < 4.78 is 37.3. The fourth-order valence-electron chi connectivity index (χ4n) is 2.07. The van der Waals surface area contributed by atoms with Crippen LogP contribution < -0.4 is 4.90 Å². The van der Waals surface area contributed by atoms with Crippen LogP contribution in [-0.2, 0) is 9.84 Å². The van der Waals surface area contributed by atoms with Gasteiger partial charge in [0, 0.05) is 24.3 Å². The number of sulfone groups is 1. The molecule has 2 rings (SSSR count). The van der Waals surface area contributed by atoms with Crippen molar-refractivity contribution in [2.24, 2.45) is 0 Å². The van der Waals surface area contributed by atoms with Crippen molar-refractivity contribution < 1.29 is 12.8 Å². The first-order valence-electron chi connectivity index (χ1n) is 5.67. The topological polar surface area (TPSA) is 61.2 Å². The summed E-state index contributed by atoms with van der Waals surface area (Å²) in [4.78, 5) is 1.62. The number of halogens is 1. The SMILES string of the molecule is CS(=O)(=O)C1CSCCN1c1cccc(F)c1C#N. The number of hydrogen-bond acceptors (Lipinski definition) is 5. The van der Waals surface area contributed by atoms with Crippen molar-refractivity contribution in [3.63, 3.8) is 0 Å². The van der Waals surface area contributed by atoms with Crippen molar-refractivity contribution in [3.05, 3.63) is 29.6 Å². The second-order valence-electron chi connectivity index (χ2n) is 4.30. The van der Waals surface area contributed by atoms with Crippen molar-refractivity contribution in [1.29, 1.82) is 5.26 Å². The Kier molecular flexibility index (Phi) is 4.02. The highest BCUT2D eigenvalue weighted by atomic mass is 32.2. The van der Waals surface area contributed by atoms with Gasteiger partial charge in [-0.15, -0.1) is 0 Å². The van der Waals surface area contributed by atoms with Crippen LogP contribution in [0.3, 0.4) is 0 Å². The summed E-state index contributed by atoms with van der Waals surface area (Å²) >= 11 is 1.55. The summed E-state index contributed by atoms with van der Waals surface area (Å²) in [6.45, 7) is 0.487. The average molecular weight is 300 g/mol. The van der Waals surface area contributed by atoms with Gasteiger partial charge in [-0.3, -0.25) is 0 Å². The van der Waals surface area contributed by atoms with E-state index < -0.39 is 21.0 Å². The Hall–Kier alpha value is -1.26. The van der Waals surface area contributed by atoms with E-state index in [0.29, 0.717) is 18.0 Å². The first kappa shape index (κ1) is 14.2. The second kappa shape index (κ2) is 5.39. The zero-order valence-corrected chi connectivity index (χ0v) is 12.0. The summed E-state index contributed by atoms with van der Waals surface area (Å²) in [7, 11) is -3.29. The molecule has 0 radical (unpaired) electrons. The van der Waals surface area contributed by atoms with Gasteiger partial charge in [-0.1, -0.05) is 6.07 Å². The molecule has 1 aliphatic heterocycles. The van der Waals surface area contributed by atoms with E-state index in [1.165, 1.54) is 18.4 Å². The van der Waals surface area contributed by atoms with Crippen LogP contribution in [0, 0.1) is 17.1 Å². The minimum Gasteiger partial charge on any atom is -0.352 e. The van der Waals surface area contributed by atoms with Gasteiger partial charge in [-0.25, -0.2) is 12.8 Å². The number of hydrogen-bond donors (Lipinski definition) is 0. The van der Waals surface area contributed by atoms with Crippen LogP contribution in [-0.4, -0.2) is 38.1 Å². The lowest BCUT2D eigenvalue weighted by Gasteiger charge is -2.36. The standard InChI is InChI=1S/C12H13FN2O2S2/c1-19(16,17)12-8-18-6-5-15(12)11-4-2-3-10(13)9(11)7-14/h2-4,12H,5-6,8H2,1H3. The molecule has 7 heteroatoms. The molecule has 0 spiro atoms. The summed E-state index contributed by atoms with van der Waals surface area (Å²) in [5, 5.41) is 8.34. The smallest absolute Gasteiger partial charge is 0.169 e. The summed E-state index contributed by atoms with van der Waals surface area (Å²) in [5.41, 5.74) is 0.265. The molecule has 19 heavy (non-hydrogen) atoms. The molecule has 4 nitrogen and oxygen atoms in total. The van der Waals surface area contributed by atoms with Crippen molar-refractivity contribution in [3.8, 4) is 6.07 Å². The van der Waals surface area contributed by atoms with E-state index in [9.17, 15) is 12.8 Å². The van der Waals surface area contributed by atoms with Gasteiger partial charge in [0.15, 0.2) is 9.84 Å². The van der Waals surface area contributed by atoms with Gasteiger partial charge in [0.2, 0.25) is 0 Å². The van der Waals surface area contributed by atoms with E-state index in [4.69, 9.17) is 5.26 Å². The Labute approximate surface area is 116 Å². The number of rotatable bonds is 2. The maximum atomic E-state index is 13.6. The Bertz CT molecular complexity index is 625. The van der Waals surface area contributed by atoms with Gasteiger partial charge in [-0.05, 0) is 12.1 Å². The van der Waals surface area contributed by atoms with E-state index >= 15 is 0 Å². The molecule has 0 aromatic heterocycles. The van der Waals surface area contributed by atoms with Gasteiger partial charge in [0.05, 0.1) is 5.69 Å². The average Bonchev–Trinajstić information content (AvgIpc) is 2.37. The van der Waals surface area contributed by atoms with Gasteiger partial charge in [0.25, 0.3) is 0 Å². The monoisotopic (exact) mass is 300 g/mol. The highest BCUT2D eigenvalue weighted by Crippen LogP contribution is 2.30. The molecule has 1 aromatic rings. The normalized spacial score (nSPS) is 20.1. The Morgan fingerprint density at radius 2 is 2.26 bits per heavy atom. The molecular weight excluding hydrogens is 287 g/mol. The van der Waals surface area contributed by atoms with Crippen LogP contribution >= 0.6 is 11.8 Å². The van der Waals surface area contributed by atoms with Gasteiger partial charge >= 0.3 is 0 Å². The van der Waals surface area contributed by atoms with E-state index in [2.05, 4.69) is 0 Å². The molecule has 1 aliphatic rings. The molecular formula is C12H13FN2O2S2. The number of benzene rings is 1. The van der Waals surface area contributed by atoms with Crippen molar-refractivity contribution in [1.82, 2.24) is 0 Å². The first-order valence-corrected chi connectivity index (χ1v) is 8.78. The molecule has 1 unspecified atom stereocenters. The van der Waals surface area contributed by atoms with Crippen molar-refractivity contribution >= 4 is 27.3 Å². The molecule has 0 amide bonds. The second-order valence-corrected chi connectivity index (χ2v) is 7.65. The fourth-order valence-corrected chi connectivity index (χ4v) is 4.91. The third kappa shape index (κ3) is 2.85. The summed E-state index contributed by atoms with van der Waals surface area (Å²) in [6, 6.07) is 6.11. The van der Waals surface area contributed by atoms with Crippen LogP contribution in [0.4, 0.5) is 10.1 Å². The maximum Gasteiger partial charge on any atom is 0.169 e. The number of nitrogens with zero attached hydrogens (tertiary/aromatic N) is 2. The molecule has 1 heterocycles. The van der Waals surface area contributed by atoms with E-state index in [-0.39, 0.29) is 5.56 Å². The number of thioether (sulfide) groups is 1. The summed E-state index contributed by atoms with van der Waals surface area (Å²) in [6.07, 6.45) is 1.17. The lowest BCUT2D eigenvalue weighted by atomic mass is 10.1. The lowest BCUT2D eigenvalue weighted by Crippen LogP contribution is -2.47. The van der Waals surface area contributed by atoms with E-state index in [1.807, 2.05) is 6.07 Å². The molecule has 102 valence electrons. The van der Waals surface area contributed by atoms with Crippen LogP contribution in [0.15, 0.2) is 18.2 Å². The summed E-state index contributed by atoms with van der Waals surface area (Å²) in [5.74, 6) is 0.568. The Balaban J connectivity index is 2.50.